The van der Waals surface area contributed by atoms with Gasteiger partial charge >= 0.3 is 0 Å². The van der Waals surface area contributed by atoms with Crippen molar-refractivity contribution in [3.05, 3.63) is 53.6 Å². The molecule has 0 fully saturated rings. The minimum absolute atomic E-state index is 0.0908. The van der Waals surface area contributed by atoms with E-state index in [9.17, 15) is 20.4 Å². The van der Waals surface area contributed by atoms with Crippen LogP contribution < -0.4 is 0 Å². The zero-order valence-corrected chi connectivity index (χ0v) is 10.5. The van der Waals surface area contributed by atoms with Crippen LogP contribution in [-0.4, -0.2) is 20.4 Å². The summed E-state index contributed by atoms with van der Waals surface area (Å²) in [6, 6.07) is 10.6. The molecule has 0 heterocycles. The van der Waals surface area contributed by atoms with Crippen LogP contribution >= 0.6 is 0 Å². The molecule has 0 unspecified atom stereocenters. The molecule has 0 aliphatic heterocycles. The minimum atomic E-state index is -0.859. The predicted molar refractivity (Wildman–Crippen MR) is 71.3 cm³/mol. The molecule has 0 aliphatic rings. The van der Waals surface area contributed by atoms with E-state index in [4.69, 9.17) is 0 Å². The van der Waals surface area contributed by atoms with E-state index in [0.29, 0.717) is 5.56 Å². The number of aromatic hydroxyl groups is 3. The van der Waals surface area contributed by atoms with Crippen LogP contribution in [0, 0.1) is 0 Å². The fourth-order valence-corrected chi connectivity index (χ4v) is 2.04. The second kappa shape index (κ2) is 5.20. The number of phenolic OH excluding ortho intramolecular Hbond substituents is 3. The number of aliphatic hydroxyl groups excluding tert-OH is 1. The van der Waals surface area contributed by atoms with Crippen LogP contribution in [-0.2, 0) is 0 Å². The summed E-state index contributed by atoms with van der Waals surface area (Å²) >= 11 is 0. The van der Waals surface area contributed by atoms with Crippen LogP contribution in [0.3, 0.4) is 0 Å². The highest BCUT2D eigenvalue weighted by molar-refractivity contribution is 5.39. The SMILES string of the molecule is C[C@@H](c1ccc(O)cc1)[C@H](O)c1cc(O)cc(O)c1. The van der Waals surface area contributed by atoms with Crippen molar-refractivity contribution in [3.8, 4) is 17.2 Å². The largest absolute Gasteiger partial charge is 0.508 e. The standard InChI is InChI=1S/C15H16O4/c1-9(10-2-4-12(16)5-3-10)15(19)11-6-13(17)8-14(18)7-11/h2-9,15-19H,1H3/t9-,15-/m0/s1. The lowest BCUT2D eigenvalue weighted by Gasteiger charge is -2.20. The van der Waals surface area contributed by atoms with Gasteiger partial charge in [-0.1, -0.05) is 19.1 Å². The fraction of sp³-hybridized carbons (Fsp3) is 0.200. The van der Waals surface area contributed by atoms with Crippen molar-refractivity contribution in [1.82, 2.24) is 0 Å². The topological polar surface area (TPSA) is 80.9 Å². The van der Waals surface area contributed by atoms with Gasteiger partial charge < -0.3 is 20.4 Å². The van der Waals surface area contributed by atoms with Crippen LogP contribution in [0.25, 0.3) is 0 Å². The van der Waals surface area contributed by atoms with E-state index in [1.165, 1.54) is 18.2 Å². The Balaban J connectivity index is 2.27. The van der Waals surface area contributed by atoms with Gasteiger partial charge in [0.1, 0.15) is 17.2 Å². The number of hydrogen-bond acceptors (Lipinski definition) is 4. The maximum atomic E-state index is 10.3. The molecule has 2 aromatic rings. The Bertz CT molecular complexity index is 543. The zero-order valence-electron chi connectivity index (χ0n) is 10.5. The van der Waals surface area contributed by atoms with Crippen molar-refractivity contribution < 1.29 is 20.4 Å². The average molecular weight is 260 g/mol. The van der Waals surface area contributed by atoms with Crippen molar-refractivity contribution in [2.75, 3.05) is 0 Å². The maximum Gasteiger partial charge on any atom is 0.119 e. The summed E-state index contributed by atoms with van der Waals surface area (Å²) in [7, 11) is 0. The van der Waals surface area contributed by atoms with E-state index >= 15 is 0 Å². The van der Waals surface area contributed by atoms with Crippen molar-refractivity contribution in [3.63, 3.8) is 0 Å². The molecular formula is C15H16O4. The number of rotatable bonds is 3. The van der Waals surface area contributed by atoms with Crippen molar-refractivity contribution in [1.29, 1.82) is 0 Å². The first-order chi connectivity index (χ1) is 8.97. The summed E-state index contributed by atoms with van der Waals surface area (Å²) in [5.74, 6) is -0.249. The Hall–Kier alpha value is -2.20. The molecule has 0 spiro atoms. The normalized spacial score (nSPS) is 14.0. The van der Waals surface area contributed by atoms with E-state index in [1.807, 2.05) is 6.92 Å². The molecule has 0 saturated heterocycles. The minimum Gasteiger partial charge on any atom is -0.508 e. The van der Waals surface area contributed by atoms with Crippen LogP contribution in [0.15, 0.2) is 42.5 Å². The van der Waals surface area contributed by atoms with E-state index < -0.39 is 6.10 Å². The van der Waals surface area contributed by atoms with Gasteiger partial charge in [-0.25, -0.2) is 0 Å². The Morgan fingerprint density at radius 2 is 1.26 bits per heavy atom. The number of hydrogen-bond donors (Lipinski definition) is 4. The lowest BCUT2D eigenvalue weighted by Crippen LogP contribution is -2.07. The van der Waals surface area contributed by atoms with Crippen LogP contribution in [0.2, 0.25) is 0 Å². The first kappa shape index (κ1) is 13.2. The molecular weight excluding hydrogens is 244 g/mol. The van der Waals surface area contributed by atoms with Gasteiger partial charge in [0.25, 0.3) is 0 Å². The summed E-state index contributed by atoms with van der Waals surface area (Å²) in [5, 5.41) is 38.4. The molecule has 2 aromatic carbocycles. The molecule has 0 saturated carbocycles. The van der Waals surface area contributed by atoms with Crippen molar-refractivity contribution in [2.24, 2.45) is 0 Å². The molecule has 0 amide bonds. The Morgan fingerprint density at radius 3 is 1.79 bits per heavy atom. The van der Waals surface area contributed by atoms with Crippen LogP contribution in [0.5, 0.6) is 17.2 Å². The van der Waals surface area contributed by atoms with Crippen LogP contribution in [0.1, 0.15) is 30.1 Å². The highest BCUT2D eigenvalue weighted by Crippen LogP contribution is 2.34. The van der Waals surface area contributed by atoms with Gasteiger partial charge in [0.2, 0.25) is 0 Å². The van der Waals surface area contributed by atoms with Gasteiger partial charge in [-0.3, -0.25) is 0 Å². The van der Waals surface area contributed by atoms with Crippen LogP contribution in [0.4, 0.5) is 0 Å². The number of benzene rings is 2. The van der Waals surface area contributed by atoms with Gasteiger partial charge in [0, 0.05) is 12.0 Å². The Labute approximate surface area is 111 Å². The number of phenols is 3. The van der Waals surface area contributed by atoms with Gasteiger partial charge in [-0.15, -0.1) is 0 Å². The van der Waals surface area contributed by atoms with Crippen molar-refractivity contribution in [2.45, 2.75) is 18.9 Å². The first-order valence-corrected chi connectivity index (χ1v) is 5.97. The predicted octanol–water partition coefficient (Wildman–Crippen LogP) is 2.64. The molecule has 0 radical (unpaired) electrons. The second-order valence-corrected chi connectivity index (χ2v) is 4.61. The molecule has 4 nitrogen and oxygen atoms in total. The molecule has 100 valence electrons. The highest BCUT2D eigenvalue weighted by atomic mass is 16.3. The monoisotopic (exact) mass is 260 g/mol. The molecule has 4 N–H and O–H groups in total. The van der Waals surface area contributed by atoms with Gasteiger partial charge in [0.15, 0.2) is 0 Å². The summed E-state index contributed by atoms with van der Waals surface area (Å²) in [4.78, 5) is 0. The van der Waals surface area contributed by atoms with E-state index in [-0.39, 0.29) is 23.2 Å². The lowest BCUT2D eigenvalue weighted by atomic mass is 9.90. The van der Waals surface area contributed by atoms with E-state index in [2.05, 4.69) is 0 Å². The Kier molecular flexibility index (Phi) is 3.62. The third kappa shape index (κ3) is 2.98. The number of aliphatic hydroxyl groups is 1. The Morgan fingerprint density at radius 1 is 0.737 bits per heavy atom. The molecule has 0 bridgehead atoms. The molecule has 19 heavy (non-hydrogen) atoms. The van der Waals surface area contributed by atoms with Crippen molar-refractivity contribution >= 4 is 0 Å². The second-order valence-electron chi connectivity index (χ2n) is 4.61. The summed E-state index contributed by atoms with van der Waals surface area (Å²) in [6.07, 6.45) is -0.859. The average Bonchev–Trinajstić information content (AvgIpc) is 2.37. The highest BCUT2D eigenvalue weighted by Gasteiger charge is 2.19. The molecule has 2 atom stereocenters. The lowest BCUT2D eigenvalue weighted by molar-refractivity contribution is 0.151. The first-order valence-electron chi connectivity index (χ1n) is 5.97. The van der Waals surface area contributed by atoms with Gasteiger partial charge in [-0.2, -0.15) is 0 Å². The summed E-state index contributed by atoms with van der Waals surface area (Å²) in [6.45, 7) is 1.83. The quantitative estimate of drug-likeness (QED) is 0.684. The molecule has 2 rings (SSSR count). The fourth-order valence-electron chi connectivity index (χ4n) is 2.04. The summed E-state index contributed by atoms with van der Waals surface area (Å²) < 4.78 is 0. The third-order valence-electron chi connectivity index (χ3n) is 3.16. The van der Waals surface area contributed by atoms with Gasteiger partial charge in [-0.05, 0) is 35.4 Å². The van der Waals surface area contributed by atoms with Gasteiger partial charge in [0.05, 0.1) is 6.10 Å². The third-order valence-corrected chi connectivity index (χ3v) is 3.16. The zero-order chi connectivity index (χ0) is 14.0. The smallest absolute Gasteiger partial charge is 0.119 e. The molecule has 0 aliphatic carbocycles. The van der Waals surface area contributed by atoms with E-state index in [1.54, 1.807) is 24.3 Å². The molecule has 0 aromatic heterocycles. The molecule has 4 heteroatoms. The van der Waals surface area contributed by atoms with E-state index in [0.717, 1.165) is 5.56 Å². The maximum absolute atomic E-state index is 10.3. The summed E-state index contributed by atoms with van der Waals surface area (Å²) in [5.41, 5.74) is 1.30.